The summed E-state index contributed by atoms with van der Waals surface area (Å²) in [5, 5.41) is 0. The van der Waals surface area contributed by atoms with E-state index in [0.29, 0.717) is 19.0 Å². The summed E-state index contributed by atoms with van der Waals surface area (Å²) in [6, 6.07) is 5.62. The van der Waals surface area contributed by atoms with Crippen LogP contribution in [0.15, 0.2) is 23.0 Å². The Kier molecular flexibility index (Phi) is 3.81. The van der Waals surface area contributed by atoms with Gasteiger partial charge in [0, 0.05) is 16.6 Å². The fourth-order valence-electron chi connectivity index (χ4n) is 1.71. The molecule has 0 aliphatic rings. The van der Waals surface area contributed by atoms with Gasteiger partial charge in [0.05, 0.1) is 18.8 Å². The second-order valence-corrected chi connectivity index (χ2v) is 5.16. The van der Waals surface area contributed by atoms with E-state index in [-0.39, 0.29) is 4.87 Å². The Balaban J connectivity index is 2.28. The third kappa shape index (κ3) is 2.61. The maximum atomic E-state index is 11.8. The van der Waals surface area contributed by atoms with Gasteiger partial charge in [-0.05, 0) is 26.8 Å². The predicted molar refractivity (Wildman–Crippen MR) is 72.6 cm³/mol. The average Bonchev–Trinajstić information content (AvgIpc) is 2.57. The fraction of sp³-hybridized carbons (Fsp3) is 0.385. The molecule has 0 fully saturated rings. The van der Waals surface area contributed by atoms with Crippen molar-refractivity contribution in [1.82, 2.24) is 9.55 Å². The van der Waals surface area contributed by atoms with Crippen LogP contribution in [-0.2, 0) is 6.54 Å². The highest BCUT2D eigenvalue weighted by molar-refractivity contribution is 7.09. The maximum absolute atomic E-state index is 11.8. The molecule has 0 saturated heterocycles. The number of ether oxygens (including phenoxy) is 1. The highest BCUT2D eigenvalue weighted by Gasteiger charge is 2.08. The maximum Gasteiger partial charge on any atom is 0.307 e. The summed E-state index contributed by atoms with van der Waals surface area (Å²) in [5.41, 5.74) is 1.84. The van der Waals surface area contributed by atoms with Crippen molar-refractivity contribution in [3.8, 4) is 5.88 Å². The molecule has 0 saturated carbocycles. The summed E-state index contributed by atoms with van der Waals surface area (Å²) in [4.78, 5) is 17.3. The van der Waals surface area contributed by atoms with E-state index in [4.69, 9.17) is 4.74 Å². The zero-order valence-corrected chi connectivity index (χ0v) is 11.6. The first-order valence-corrected chi connectivity index (χ1v) is 6.69. The molecule has 0 spiro atoms. The third-order valence-electron chi connectivity index (χ3n) is 2.77. The number of hydrogen-bond acceptors (Lipinski definition) is 4. The van der Waals surface area contributed by atoms with Gasteiger partial charge in [-0.2, -0.15) is 0 Å². The number of aromatic nitrogens is 2. The highest BCUT2D eigenvalue weighted by Crippen LogP contribution is 2.13. The molecular formula is C13H16N2O2S. The first-order valence-electron chi connectivity index (χ1n) is 5.87. The van der Waals surface area contributed by atoms with Gasteiger partial charge in [0.25, 0.3) is 0 Å². The second kappa shape index (κ2) is 5.35. The van der Waals surface area contributed by atoms with Gasteiger partial charge in [-0.25, -0.2) is 4.98 Å². The molecule has 18 heavy (non-hydrogen) atoms. The molecule has 2 heterocycles. The summed E-state index contributed by atoms with van der Waals surface area (Å²) in [6.45, 7) is 6.93. The van der Waals surface area contributed by atoms with Gasteiger partial charge in [0.1, 0.15) is 0 Å². The third-order valence-corrected chi connectivity index (χ3v) is 3.77. The Morgan fingerprint density at radius 1 is 1.39 bits per heavy atom. The van der Waals surface area contributed by atoms with Crippen LogP contribution in [0.2, 0.25) is 0 Å². The smallest absolute Gasteiger partial charge is 0.307 e. The van der Waals surface area contributed by atoms with Crippen molar-refractivity contribution < 1.29 is 4.74 Å². The molecule has 0 atom stereocenters. The van der Waals surface area contributed by atoms with E-state index >= 15 is 0 Å². The molecule has 0 unspecified atom stereocenters. The lowest BCUT2D eigenvalue weighted by Crippen LogP contribution is -2.16. The highest BCUT2D eigenvalue weighted by atomic mass is 32.1. The van der Waals surface area contributed by atoms with E-state index in [1.54, 1.807) is 4.57 Å². The zero-order valence-electron chi connectivity index (χ0n) is 10.8. The summed E-state index contributed by atoms with van der Waals surface area (Å²) >= 11 is 1.28. The van der Waals surface area contributed by atoms with Gasteiger partial charge in [-0.1, -0.05) is 17.4 Å². The molecule has 5 heteroatoms. The monoisotopic (exact) mass is 264 g/mol. The molecule has 0 bridgehead atoms. The van der Waals surface area contributed by atoms with Crippen LogP contribution >= 0.6 is 11.3 Å². The number of pyridine rings is 1. The summed E-state index contributed by atoms with van der Waals surface area (Å²) in [7, 11) is 0. The normalized spacial score (nSPS) is 10.6. The lowest BCUT2D eigenvalue weighted by molar-refractivity contribution is 0.325. The van der Waals surface area contributed by atoms with Crippen molar-refractivity contribution in [3.05, 3.63) is 44.1 Å². The molecular weight excluding hydrogens is 248 g/mol. The minimum Gasteiger partial charge on any atom is -0.478 e. The van der Waals surface area contributed by atoms with Crippen LogP contribution < -0.4 is 9.61 Å². The Hall–Kier alpha value is -1.62. The summed E-state index contributed by atoms with van der Waals surface area (Å²) in [5.74, 6) is 0.604. The molecule has 0 amide bonds. The molecule has 2 rings (SSSR count). The van der Waals surface area contributed by atoms with Crippen molar-refractivity contribution in [3.63, 3.8) is 0 Å². The SMILES string of the molecule is CCOc1cccc(Cn2c(C)c(C)sc2=O)n1. The Morgan fingerprint density at radius 3 is 2.78 bits per heavy atom. The molecule has 0 aliphatic heterocycles. The lowest BCUT2D eigenvalue weighted by Gasteiger charge is -2.07. The summed E-state index contributed by atoms with van der Waals surface area (Å²) in [6.07, 6.45) is 0. The van der Waals surface area contributed by atoms with Crippen LogP contribution in [0, 0.1) is 13.8 Å². The number of hydrogen-bond donors (Lipinski definition) is 0. The number of nitrogens with zero attached hydrogens (tertiary/aromatic N) is 2. The number of aryl methyl sites for hydroxylation is 1. The first-order chi connectivity index (χ1) is 8.61. The topological polar surface area (TPSA) is 44.1 Å². The fourth-order valence-corrected chi connectivity index (χ4v) is 2.54. The van der Waals surface area contributed by atoms with Crippen LogP contribution in [-0.4, -0.2) is 16.2 Å². The molecule has 0 N–H and O–H groups in total. The van der Waals surface area contributed by atoms with Crippen LogP contribution in [0.4, 0.5) is 0 Å². The van der Waals surface area contributed by atoms with Crippen molar-refractivity contribution in [1.29, 1.82) is 0 Å². The Labute approximate surface area is 110 Å². The summed E-state index contributed by atoms with van der Waals surface area (Å²) < 4.78 is 7.10. The molecule has 96 valence electrons. The zero-order chi connectivity index (χ0) is 13.1. The standard InChI is InChI=1S/C13H16N2O2S/c1-4-17-12-7-5-6-11(14-12)8-15-9(2)10(3)18-13(15)16/h5-7H,4,8H2,1-3H3. The molecule has 2 aromatic heterocycles. The van der Waals surface area contributed by atoms with Gasteiger partial charge >= 0.3 is 4.87 Å². The van der Waals surface area contributed by atoms with E-state index in [2.05, 4.69) is 4.98 Å². The quantitative estimate of drug-likeness (QED) is 0.851. The second-order valence-electron chi connectivity index (χ2n) is 4.00. The van der Waals surface area contributed by atoms with Crippen LogP contribution in [0.3, 0.4) is 0 Å². The van der Waals surface area contributed by atoms with Crippen molar-refractivity contribution in [2.24, 2.45) is 0 Å². The van der Waals surface area contributed by atoms with Crippen LogP contribution in [0.1, 0.15) is 23.2 Å². The van der Waals surface area contributed by atoms with Crippen LogP contribution in [0.25, 0.3) is 0 Å². The Morgan fingerprint density at radius 2 is 2.17 bits per heavy atom. The lowest BCUT2D eigenvalue weighted by atomic mass is 10.3. The largest absolute Gasteiger partial charge is 0.478 e. The van der Waals surface area contributed by atoms with Crippen LogP contribution in [0.5, 0.6) is 5.88 Å². The van der Waals surface area contributed by atoms with E-state index in [1.807, 2.05) is 39.0 Å². The van der Waals surface area contributed by atoms with Gasteiger partial charge in [0.15, 0.2) is 0 Å². The molecule has 4 nitrogen and oxygen atoms in total. The number of rotatable bonds is 4. The van der Waals surface area contributed by atoms with Gasteiger partial charge in [-0.3, -0.25) is 9.36 Å². The van der Waals surface area contributed by atoms with Crippen molar-refractivity contribution in [2.45, 2.75) is 27.3 Å². The number of thiazole rings is 1. The molecule has 0 aromatic carbocycles. The predicted octanol–water partition coefficient (Wildman–Crippen LogP) is 2.37. The van der Waals surface area contributed by atoms with E-state index < -0.39 is 0 Å². The molecule has 2 aromatic rings. The van der Waals surface area contributed by atoms with E-state index in [1.165, 1.54) is 11.3 Å². The van der Waals surface area contributed by atoms with Crippen molar-refractivity contribution in [2.75, 3.05) is 6.61 Å². The first kappa shape index (κ1) is 12.8. The van der Waals surface area contributed by atoms with Crippen molar-refractivity contribution >= 4 is 11.3 Å². The minimum atomic E-state index is 0.0635. The minimum absolute atomic E-state index is 0.0635. The Bertz CT molecular complexity index is 601. The van der Waals surface area contributed by atoms with Gasteiger partial charge in [-0.15, -0.1) is 0 Å². The van der Waals surface area contributed by atoms with E-state index in [0.717, 1.165) is 16.3 Å². The van der Waals surface area contributed by atoms with Gasteiger partial charge in [0.2, 0.25) is 5.88 Å². The molecule has 0 radical (unpaired) electrons. The van der Waals surface area contributed by atoms with Gasteiger partial charge < -0.3 is 4.74 Å². The van der Waals surface area contributed by atoms with E-state index in [9.17, 15) is 4.79 Å². The average molecular weight is 264 g/mol. The molecule has 0 aliphatic carbocycles.